The highest BCUT2D eigenvalue weighted by Crippen LogP contribution is 1.88. The topological polar surface area (TPSA) is 38.0 Å². The van der Waals surface area contributed by atoms with E-state index in [1.165, 1.54) is 0 Å². The Bertz CT molecular complexity index is 68.8. The van der Waals surface area contributed by atoms with Gasteiger partial charge in [0, 0.05) is 0 Å². The van der Waals surface area contributed by atoms with Crippen LogP contribution in [0.5, 0.6) is 0 Å². The van der Waals surface area contributed by atoms with Crippen molar-refractivity contribution in [3.05, 3.63) is 0 Å². The molecule has 0 aliphatic heterocycles. The Hall–Kier alpha value is -0.220. The van der Waals surface area contributed by atoms with Crippen molar-refractivity contribution in [2.24, 2.45) is 5.73 Å². The molecule has 0 heterocycles. The maximum absolute atomic E-state index is 11.5. The molecule has 4 heteroatoms. The van der Waals surface area contributed by atoms with Crippen LogP contribution in [0.25, 0.3) is 0 Å². The van der Waals surface area contributed by atoms with Crippen molar-refractivity contribution in [3.8, 4) is 0 Å². The molecule has 0 unspecified atom stereocenters. The normalized spacial score (nSPS) is 10.8. The van der Waals surface area contributed by atoms with E-state index in [9.17, 15) is 8.78 Å². The Balaban J connectivity index is 2.77. The standard InChI is InChI=1S/C6H14F2N2/c7-6(8)5-10-4-2-1-3-9/h6,10H,1-5,9H2. The van der Waals surface area contributed by atoms with Gasteiger partial charge in [0.15, 0.2) is 0 Å². The van der Waals surface area contributed by atoms with Gasteiger partial charge in [-0.05, 0) is 25.9 Å². The van der Waals surface area contributed by atoms with Crippen LogP contribution in [0.4, 0.5) is 8.78 Å². The van der Waals surface area contributed by atoms with Gasteiger partial charge in [-0.1, -0.05) is 0 Å². The summed E-state index contributed by atoms with van der Waals surface area (Å²) in [5, 5.41) is 2.61. The number of nitrogens with one attached hydrogen (secondary N) is 1. The van der Waals surface area contributed by atoms with E-state index in [1.807, 2.05) is 0 Å². The average molecular weight is 152 g/mol. The largest absolute Gasteiger partial charge is 0.330 e. The first-order valence-electron chi connectivity index (χ1n) is 3.46. The van der Waals surface area contributed by atoms with Crippen LogP contribution in [-0.2, 0) is 0 Å². The van der Waals surface area contributed by atoms with Gasteiger partial charge in [0.25, 0.3) is 6.43 Å². The van der Waals surface area contributed by atoms with E-state index in [0.717, 1.165) is 12.8 Å². The molecule has 0 aromatic rings. The maximum Gasteiger partial charge on any atom is 0.250 e. The van der Waals surface area contributed by atoms with Gasteiger partial charge in [0.05, 0.1) is 6.54 Å². The van der Waals surface area contributed by atoms with E-state index < -0.39 is 6.43 Å². The molecule has 0 fully saturated rings. The molecular formula is C6H14F2N2. The highest BCUT2D eigenvalue weighted by atomic mass is 19.3. The van der Waals surface area contributed by atoms with Crippen molar-refractivity contribution >= 4 is 0 Å². The Morgan fingerprint density at radius 3 is 2.50 bits per heavy atom. The van der Waals surface area contributed by atoms with Gasteiger partial charge in [-0.2, -0.15) is 0 Å². The zero-order valence-corrected chi connectivity index (χ0v) is 5.95. The Labute approximate surface area is 59.8 Å². The minimum Gasteiger partial charge on any atom is -0.330 e. The van der Waals surface area contributed by atoms with Gasteiger partial charge >= 0.3 is 0 Å². The summed E-state index contributed by atoms with van der Waals surface area (Å²) in [6.07, 6.45) is -0.461. The third kappa shape index (κ3) is 7.78. The van der Waals surface area contributed by atoms with Gasteiger partial charge in [-0.15, -0.1) is 0 Å². The summed E-state index contributed by atoms with van der Waals surface area (Å²) < 4.78 is 22.9. The van der Waals surface area contributed by atoms with Crippen LogP contribution >= 0.6 is 0 Å². The van der Waals surface area contributed by atoms with Crippen molar-refractivity contribution in [1.29, 1.82) is 0 Å². The summed E-state index contributed by atoms with van der Waals surface area (Å²) in [6, 6.07) is 0. The van der Waals surface area contributed by atoms with Crippen molar-refractivity contribution in [1.82, 2.24) is 5.32 Å². The van der Waals surface area contributed by atoms with E-state index in [1.54, 1.807) is 0 Å². The van der Waals surface area contributed by atoms with Crippen LogP contribution in [0.3, 0.4) is 0 Å². The molecule has 2 nitrogen and oxygen atoms in total. The zero-order chi connectivity index (χ0) is 7.82. The molecule has 0 rings (SSSR count). The first kappa shape index (κ1) is 9.78. The molecule has 0 bridgehead atoms. The fourth-order valence-electron chi connectivity index (χ4n) is 0.606. The summed E-state index contributed by atoms with van der Waals surface area (Å²) in [5.41, 5.74) is 5.19. The van der Waals surface area contributed by atoms with Crippen LogP contribution in [0.2, 0.25) is 0 Å². The molecule has 0 amide bonds. The first-order valence-corrected chi connectivity index (χ1v) is 3.46. The smallest absolute Gasteiger partial charge is 0.250 e. The molecule has 0 aliphatic rings. The van der Waals surface area contributed by atoms with Crippen molar-refractivity contribution < 1.29 is 8.78 Å². The molecule has 0 aromatic carbocycles. The number of alkyl halides is 2. The second-order valence-corrected chi connectivity index (χ2v) is 2.09. The zero-order valence-electron chi connectivity index (χ0n) is 5.95. The summed E-state index contributed by atoms with van der Waals surface area (Å²) in [6.45, 7) is 1.07. The summed E-state index contributed by atoms with van der Waals surface area (Å²) in [5.74, 6) is 0. The van der Waals surface area contributed by atoms with E-state index >= 15 is 0 Å². The minimum atomic E-state index is -2.24. The molecule has 0 aliphatic carbocycles. The molecule has 62 valence electrons. The number of nitrogens with two attached hydrogens (primary N) is 1. The minimum absolute atomic E-state index is 0.204. The Morgan fingerprint density at radius 2 is 2.00 bits per heavy atom. The van der Waals surface area contributed by atoms with E-state index in [0.29, 0.717) is 13.1 Å². The highest BCUT2D eigenvalue weighted by Gasteiger charge is 1.98. The van der Waals surface area contributed by atoms with E-state index in [2.05, 4.69) is 5.32 Å². The number of hydrogen-bond acceptors (Lipinski definition) is 2. The lowest BCUT2D eigenvalue weighted by Crippen LogP contribution is -2.22. The maximum atomic E-state index is 11.5. The van der Waals surface area contributed by atoms with E-state index in [-0.39, 0.29) is 6.54 Å². The molecule has 10 heavy (non-hydrogen) atoms. The molecule has 0 saturated heterocycles. The fourth-order valence-corrected chi connectivity index (χ4v) is 0.606. The van der Waals surface area contributed by atoms with Gasteiger partial charge in [-0.3, -0.25) is 0 Å². The Kier molecular flexibility index (Phi) is 6.74. The first-order chi connectivity index (χ1) is 4.77. The number of halogens is 2. The highest BCUT2D eigenvalue weighted by molar-refractivity contribution is 4.49. The molecule has 0 atom stereocenters. The van der Waals surface area contributed by atoms with Crippen molar-refractivity contribution in [2.45, 2.75) is 19.3 Å². The van der Waals surface area contributed by atoms with Crippen molar-refractivity contribution in [2.75, 3.05) is 19.6 Å². The van der Waals surface area contributed by atoms with E-state index in [4.69, 9.17) is 5.73 Å². The Morgan fingerprint density at radius 1 is 1.30 bits per heavy atom. The fraction of sp³-hybridized carbons (Fsp3) is 1.00. The summed E-state index contributed by atoms with van der Waals surface area (Å²) in [4.78, 5) is 0. The molecular weight excluding hydrogens is 138 g/mol. The van der Waals surface area contributed by atoms with Crippen LogP contribution < -0.4 is 11.1 Å². The van der Waals surface area contributed by atoms with Gasteiger partial charge in [0.2, 0.25) is 0 Å². The predicted octanol–water partition coefficient (Wildman–Crippen LogP) is 0.580. The van der Waals surface area contributed by atoms with Crippen LogP contribution in [0.15, 0.2) is 0 Å². The molecule has 3 N–H and O–H groups in total. The van der Waals surface area contributed by atoms with Crippen LogP contribution in [0.1, 0.15) is 12.8 Å². The second kappa shape index (κ2) is 6.89. The van der Waals surface area contributed by atoms with Gasteiger partial charge in [0.1, 0.15) is 0 Å². The van der Waals surface area contributed by atoms with Crippen LogP contribution in [-0.4, -0.2) is 26.1 Å². The van der Waals surface area contributed by atoms with Gasteiger partial charge in [-0.25, -0.2) is 8.78 Å². The SMILES string of the molecule is NCCCCNCC(F)F. The van der Waals surface area contributed by atoms with Crippen LogP contribution in [0, 0.1) is 0 Å². The lowest BCUT2D eigenvalue weighted by molar-refractivity contribution is 0.146. The van der Waals surface area contributed by atoms with Crippen molar-refractivity contribution in [3.63, 3.8) is 0 Å². The number of unbranched alkanes of at least 4 members (excludes halogenated alkanes) is 1. The second-order valence-electron chi connectivity index (χ2n) is 2.09. The average Bonchev–Trinajstić information content (AvgIpc) is 1.87. The molecule has 0 spiro atoms. The number of hydrogen-bond donors (Lipinski definition) is 2. The molecule has 0 aromatic heterocycles. The summed E-state index contributed by atoms with van der Waals surface area (Å²) >= 11 is 0. The third-order valence-corrected chi connectivity index (χ3v) is 1.11. The lowest BCUT2D eigenvalue weighted by Gasteiger charge is -2.01. The predicted molar refractivity (Wildman–Crippen MR) is 37.2 cm³/mol. The lowest BCUT2D eigenvalue weighted by atomic mass is 10.3. The number of rotatable bonds is 6. The monoisotopic (exact) mass is 152 g/mol. The quantitative estimate of drug-likeness (QED) is 0.546. The summed E-state index contributed by atoms with van der Waals surface area (Å²) in [7, 11) is 0. The third-order valence-electron chi connectivity index (χ3n) is 1.11. The molecule has 0 radical (unpaired) electrons. The molecule has 0 saturated carbocycles. The van der Waals surface area contributed by atoms with Gasteiger partial charge < -0.3 is 11.1 Å².